The standard InChI is InChI=1S/C45H50F2N10O6S/c46-40(47)37-31(49-42(60)39-38-33(64-53-39)9-10-34(50-38)55-21-28-16-27(55)23-63-28)22-56(52-37)26-6-4-24(5-7-26)20-54-14-12-45(13-15-54)17-25(18-45)19-48-30-3-1-2-29-36(30)44(62)57(43(29)61)32-8-11-35(58)51-41(32)59/h1-3,9-10,22,24-28,32,40,48H,4-8,11-21,23H2,(H,49,60)(H,51,58,59)/t24-,26-,27-,28-,32?/m1/s1. The second-order valence-electron chi connectivity index (χ2n) is 19.0. The first-order valence-corrected chi connectivity index (χ1v) is 23.4. The number of rotatable bonds is 11. The summed E-state index contributed by atoms with van der Waals surface area (Å²) in [4.78, 5) is 75.1. The largest absolute Gasteiger partial charge is 0.384 e. The smallest absolute Gasteiger partial charge is 0.284 e. The Morgan fingerprint density at radius 2 is 1.78 bits per heavy atom. The SMILES string of the molecule is O=C1CCC(N2C(=O)c3cccc(NCC4CC5(CCN(C[C@H]6CC[C@H](n7cc(NC(=O)c8nsc9ccc(N%10C[C@H]%11C[C@@H]%10CO%11)nc89)c(C(F)F)n7)CC6)CC5)C4)c3C2=O)C(=O)N1. The zero-order chi connectivity index (χ0) is 43.9. The summed E-state index contributed by atoms with van der Waals surface area (Å²) in [5, 5.41) is 12.7. The van der Waals surface area contributed by atoms with Gasteiger partial charge in [0.1, 0.15) is 17.4 Å². The van der Waals surface area contributed by atoms with E-state index < -0.39 is 47.7 Å². The van der Waals surface area contributed by atoms with Gasteiger partial charge in [-0.05, 0) is 130 Å². The predicted molar refractivity (Wildman–Crippen MR) is 231 cm³/mol. The molecule has 5 aliphatic heterocycles. The number of pyridine rings is 1. The molecule has 64 heavy (non-hydrogen) atoms. The van der Waals surface area contributed by atoms with Crippen LogP contribution in [0.3, 0.4) is 0 Å². The van der Waals surface area contributed by atoms with E-state index in [-0.39, 0.29) is 53.5 Å². The second-order valence-corrected chi connectivity index (χ2v) is 19.8. The summed E-state index contributed by atoms with van der Waals surface area (Å²) in [5.41, 5.74) is 1.60. The topological polar surface area (TPSA) is 184 Å². The van der Waals surface area contributed by atoms with Gasteiger partial charge in [0, 0.05) is 37.9 Å². The Morgan fingerprint density at radius 1 is 0.969 bits per heavy atom. The minimum absolute atomic E-state index is 0.00164. The molecule has 6 fully saturated rings. The molecule has 11 rings (SSSR count). The minimum Gasteiger partial charge on any atom is -0.384 e. The molecule has 3 atom stereocenters. The molecule has 5 amide bonds. The van der Waals surface area contributed by atoms with Crippen molar-refractivity contribution in [1.29, 1.82) is 0 Å². The number of morpholine rings is 1. The van der Waals surface area contributed by atoms with E-state index in [1.165, 1.54) is 0 Å². The average Bonchev–Trinajstić information content (AvgIpc) is 4.13. The van der Waals surface area contributed by atoms with Crippen LogP contribution < -0.4 is 20.9 Å². The van der Waals surface area contributed by atoms with Gasteiger partial charge in [0.25, 0.3) is 24.1 Å². The summed E-state index contributed by atoms with van der Waals surface area (Å²) >= 11 is 1.16. The first-order chi connectivity index (χ1) is 31.0. The molecule has 336 valence electrons. The molecule has 2 aliphatic carbocycles. The second kappa shape index (κ2) is 16.2. The van der Waals surface area contributed by atoms with Crippen LogP contribution in [0.1, 0.15) is 120 Å². The van der Waals surface area contributed by atoms with E-state index in [2.05, 4.69) is 35.2 Å². The van der Waals surface area contributed by atoms with Crippen molar-refractivity contribution in [3.8, 4) is 0 Å². The Kier molecular flexibility index (Phi) is 10.5. The van der Waals surface area contributed by atoms with E-state index in [1.54, 1.807) is 29.1 Å². The van der Waals surface area contributed by atoms with Gasteiger partial charge in [-0.15, -0.1) is 0 Å². The normalized spacial score (nSPS) is 26.9. The number of hydrogen-bond acceptors (Lipinski definition) is 13. The van der Waals surface area contributed by atoms with E-state index in [1.807, 2.05) is 12.1 Å². The number of likely N-dealkylation sites (tertiary alicyclic amines) is 1. The number of ether oxygens (including phenoxy) is 1. The molecule has 3 N–H and O–H groups in total. The first-order valence-electron chi connectivity index (χ1n) is 22.6. The van der Waals surface area contributed by atoms with Crippen molar-refractivity contribution in [3.05, 3.63) is 59.0 Å². The van der Waals surface area contributed by atoms with Gasteiger partial charge in [0.05, 0.1) is 46.3 Å². The Morgan fingerprint density at radius 3 is 2.52 bits per heavy atom. The summed E-state index contributed by atoms with van der Waals surface area (Å²) in [7, 11) is 0. The highest BCUT2D eigenvalue weighted by atomic mass is 32.1. The molecule has 7 aliphatic rings. The summed E-state index contributed by atoms with van der Waals surface area (Å²) in [6.45, 7) is 5.18. The van der Waals surface area contributed by atoms with Gasteiger partial charge in [-0.1, -0.05) is 6.07 Å². The Bertz CT molecular complexity index is 2540. The first kappa shape index (κ1) is 41.3. The van der Waals surface area contributed by atoms with Gasteiger partial charge in [0.2, 0.25) is 11.8 Å². The fourth-order valence-electron chi connectivity index (χ4n) is 11.6. The number of fused-ring (bicyclic) bond motifs is 4. The number of benzene rings is 1. The molecular formula is C45H50F2N10O6S. The van der Waals surface area contributed by atoms with Crippen molar-refractivity contribution in [1.82, 2.24) is 34.3 Å². The number of carbonyl (C=O) groups is 5. The molecule has 3 aromatic heterocycles. The highest BCUT2D eigenvalue weighted by molar-refractivity contribution is 7.13. The highest BCUT2D eigenvalue weighted by Crippen LogP contribution is 2.53. The summed E-state index contributed by atoms with van der Waals surface area (Å²) < 4.78 is 41.1. The third kappa shape index (κ3) is 7.42. The molecule has 1 aromatic carbocycles. The molecule has 2 bridgehead atoms. The number of anilines is 3. The lowest BCUT2D eigenvalue weighted by Crippen LogP contribution is -2.54. The Balaban J connectivity index is 0.645. The number of alkyl halides is 2. The number of nitrogens with one attached hydrogen (secondary N) is 3. The maximum Gasteiger partial charge on any atom is 0.284 e. The van der Waals surface area contributed by atoms with E-state index in [0.29, 0.717) is 41.6 Å². The van der Waals surface area contributed by atoms with Gasteiger partial charge >= 0.3 is 0 Å². The molecule has 4 saturated heterocycles. The van der Waals surface area contributed by atoms with Gasteiger partial charge in [-0.3, -0.25) is 38.9 Å². The fraction of sp³-hybridized carbons (Fsp3) is 0.556. The van der Waals surface area contributed by atoms with E-state index >= 15 is 0 Å². The van der Waals surface area contributed by atoms with Crippen molar-refractivity contribution in [2.24, 2.45) is 17.3 Å². The van der Waals surface area contributed by atoms with Crippen LogP contribution in [0.2, 0.25) is 0 Å². The zero-order valence-corrected chi connectivity index (χ0v) is 36.1. The third-order valence-corrected chi connectivity index (χ3v) is 15.8. The summed E-state index contributed by atoms with van der Waals surface area (Å²) in [6, 6.07) is 8.22. The number of hydrogen-bond donors (Lipinski definition) is 3. The number of halogens is 2. The van der Waals surface area contributed by atoms with E-state index in [0.717, 1.165) is 111 Å². The van der Waals surface area contributed by atoms with Crippen molar-refractivity contribution in [2.45, 2.75) is 101 Å². The summed E-state index contributed by atoms with van der Waals surface area (Å²) in [6.07, 6.45) is 8.08. The van der Waals surface area contributed by atoms with Crippen molar-refractivity contribution < 1.29 is 37.5 Å². The highest BCUT2D eigenvalue weighted by Gasteiger charge is 2.48. The van der Waals surface area contributed by atoms with Crippen LogP contribution in [-0.4, -0.2) is 116 Å². The average molecular weight is 897 g/mol. The molecule has 4 aromatic rings. The Labute approximate surface area is 371 Å². The number of aromatic nitrogens is 4. The van der Waals surface area contributed by atoms with Gasteiger partial charge in [0.15, 0.2) is 11.4 Å². The maximum atomic E-state index is 14.3. The molecule has 8 heterocycles. The Hall–Kier alpha value is -5.40. The number of amides is 5. The number of carbonyl (C=O) groups excluding carboxylic acids is 5. The van der Waals surface area contributed by atoms with Crippen LogP contribution in [-0.2, 0) is 14.3 Å². The van der Waals surface area contributed by atoms with Crippen LogP contribution in [0.25, 0.3) is 10.2 Å². The van der Waals surface area contributed by atoms with Gasteiger partial charge < -0.3 is 25.2 Å². The van der Waals surface area contributed by atoms with Crippen LogP contribution in [0.15, 0.2) is 36.5 Å². The molecule has 2 saturated carbocycles. The molecule has 0 radical (unpaired) electrons. The van der Waals surface area contributed by atoms with Crippen LogP contribution in [0.5, 0.6) is 0 Å². The molecule has 19 heteroatoms. The van der Waals surface area contributed by atoms with Crippen LogP contribution >= 0.6 is 11.5 Å². The molecule has 1 unspecified atom stereocenters. The van der Waals surface area contributed by atoms with Crippen LogP contribution in [0, 0.1) is 17.3 Å². The van der Waals surface area contributed by atoms with Gasteiger partial charge in [-0.25, -0.2) is 13.8 Å². The van der Waals surface area contributed by atoms with Crippen molar-refractivity contribution in [2.75, 3.05) is 54.9 Å². The number of nitrogens with zero attached hydrogens (tertiary/aromatic N) is 7. The number of imide groups is 2. The zero-order valence-electron chi connectivity index (χ0n) is 35.3. The molecule has 16 nitrogen and oxygen atoms in total. The maximum absolute atomic E-state index is 14.3. The molecule has 1 spiro atoms. The minimum atomic E-state index is -2.86. The quantitative estimate of drug-likeness (QED) is 0.154. The lowest BCUT2D eigenvalue weighted by Gasteiger charge is -2.53. The monoisotopic (exact) mass is 896 g/mol. The van der Waals surface area contributed by atoms with E-state index in [4.69, 9.17) is 9.72 Å². The van der Waals surface area contributed by atoms with Crippen molar-refractivity contribution in [3.63, 3.8) is 0 Å². The van der Waals surface area contributed by atoms with Crippen molar-refractivity contribution >= 4 is 68.5 Å². The number of piperidine rings is 2. The lowest BCUT2D eigenvalue weighted by molar-refractivity contribution is -0.136. The summed E-state index contributed by atoms with van der Waals surface area (Å²) in [5.74, 6) is -0.902. The third-order valence-electron chi connectivity index (χ3n) is 15.0. The lowest BCUT2D eigenvalue weighted by atomic mass is 9.57. The fourth-order valence-corrected chi connectivity index (χ4v) is 12.4. The predicted octanol–water partition coefficient (Wildman–Crippen LogP) is 5.79. The van der Waals surface area contributed by atoms with Crippen LogP contribution in [0.4, 0.5) is 26.0 Å². The molecular weight excluding hydrogens is 847 g/mol. The van der Waals surface area contributed by atoms with E-state index in [9.17, 15) is 32.8 Å². The van der Waals surface area contributed by atoms with Gasteiger partial charge in [-0.2, -0.15) is 9.47 Å².